The topological polar surface area (TPSA) is 29.3 Å². The molecular weight excluding hydrogens is 208 g/mol. The molecule has 0 heterocycles. The third-order valence-corrected chi connectivity index (χ3v) is 3.37. The molecule has 0 saturated carbocycles. The van der Waals surface area contributed by atoms with Gasteiger partial charge >= 0.3 is 0 Å². The molecule has 0 radical (unpaired) electrons. The van der Waals surface area contributed by atoms with Crippen LogP contribution in [0.1, 0.15) is 45.7 Å². The van der Waals surface area contributed by atoms with Crippen molar-refractivity contribution >= 4 is 0 Å². The van der Waals surface area contributed by atoms with Crippen molar-refractivity contribution in [2.24, 2.45) is 5.73 Å². The summed E-state index contributed by atoms with van der Waals surface area (Å²) in [6, 6.07) is 11.4. The smallest absolute Gasteiger partial charge is 0.0450 e. The average Bonchev–Trinajstić information content (AvgIpc) is 2.35. The summed E-state index contributed by atoms with van der Waals surface area (Å²) < 4.78 is 0. The Balaban J connectivity index is 2.76. The molecule has 0 aliphatic carbocycles. The molecule has 0 aliphatic rings. The minimum absolute atomic E-state index is 0.0881. The van der Waals surface area contributed by atoms with Crippen LogP contribution in [-0.2, 0) is 0 Å². The van der Waals surface area contributed by atoms with Gasteiger partial charge in [0.1, 0.15) is 0 Å². The van der Waals surface area contributed by atoms with E-state index in [1.54, 1.807) is 0 Å². The zero-order valence-electron chi connectivity index (χ0n) is 11.6. The lowest BCUT2D eigenvalue weighted by Gasteiger charge is -2.36. The fraction of sp³-hybridized carbons (Fsp3) is 0.600. The van der Waals surface area contributed by atoms with Gasteiger partial charge in [-0.15, -0.1) is 0 Å². The van der Waals surface area contributed by atoms with Gasteiger partial charge in [-0.1, -0.05) is 37.3 Å². The van der Waals surface area contributed by atoms with Crippen molar-refractivity contribution in [3.63, 3.8) is 0 Å². The second-order valence-electron chi connectivity index (χ2n) is 5.01. The summed E-state index contributed by atoms with van der Waals surface area (Å²) in [4.78, 5) is 2.48. The van der Waals surface area contributed by atoms with Gasteiger partial charge in [-0.2, -0.15) is 0 Å². The zero-order chi connectivity index (χ0) is 12.8. The van der Waals surface area contributed by atoms with Crippen LogP contribution in [0.2, 0.25) is 0 Å². The molecular formula is C15H26N2. The van der Waals surface area contributed by atoms with Gasteiger partial charge in [0.2, 0.25) is 0 Å². The van der Waals surface area contributed by atoms with Crippen LogP contribution in [0.15, 0.2) is 30.3 Å². The van der Waals surface area contributed by atoms with Crippen LogP contribution >= 0.6 is 0 Å². The highest BCUT2D eigenvalue weighted by atomic mass is 15.2. The fourth-order valence-electron chi connectivity index (χ4n) is 2.35. The molecule has 0 aliphatic heterocycles. The lowest BCUT2D eigenvalue weighted by Crippen LogP contribution is -2.45. The molecule has 2 N–H and O–H groups in total. The molecule has 0 bridgehead atoms. The molecule has 96 valence electrons. The minimum Gasteiger partial charge on any atom is -0.323 e. The van der Waals surface area contributed by atoms with E-state index in [1.807, 2.05) is 6.07 Å². The lowest BCUT2D eigenvalue weighted by molar-refractivity contribution is 0.143. The second kappa shape index (κ2) is 6.77. The summed E-state index contributed by atoms with van der Waals surface area (Å²) >= 11 is 0. The van der Waals surface area contributed by atoms with Gasteiger partial charge in [0, 0.05) is 18.1 Å². The normalized spacial score (nSPS) is 15.2. The van der Waals surface area contributed by atoms with Gasteiger partial charge < -0.3 is 5.73 Å². The number of hydrogen-bond donors (Lipinski definition) is 1. The number of nitrogens with two attached hydrogens (primary N) is 1. The number of hydrogen-bond acceptors (Lipinski definition) is 2. The Morgan fingerprint density at radius 3 is 2.18 bits per heavy atom. The van der Waals surface area contributed by atoms with Crippen molar-refractivity contribution in [1.82, 2.24) is 4.90 Å². The molecule has 0 fully saturated rings. The monoisotopic (exact) mass is 234 g/mol. The van der Waals surface area contributed by atoms with Crippen LogP contribution in [0.4, 0.5) is 0 Å². The van der Waals surface area contributed by atoms with Gasteiger partial charge in [-0.3, -0.25) is 4.90 Å². The molecule has 0 aromatic heterocycles. The first kappa shape index (κ1) is 14.2. The van der Waals surface area contributed by atoms with Crippen molar-refractivity contribution in [3.05, 3.63) is 35.9 Å². The van der Waals surface area contributed by atoms with Crippen LogP contribution in [0.25, 0.3) is 0 Å². The predicted octanol–water partition coefficient (Wildman–Crippen LogP) is 3.20. The van der Waals surface area contributed by atoms with Crippen LogP contribution in [0, 0.1) is 0 Å². The lowest BCUT2D eigenvalue weighted by atomic mass is 9.99. The fourth-order valence-corrected chi connectivity index (χ4v) is 2.35. The molecule has 2 heteroatoms. The Morgan fingerprint density at radius 1 is 1.12 bits per heavy atom. The third kappa shape index (κ3) is 3.83. The Hall–Kier alpha value is -0.860. The highest BCUT2D eigenvalue weighted by Crippen LogP contribution is 2.20. The first-order chi connectivity index (χ1) is 8.07. The van der Waals surface area contributed by atoms with Gasteiger partial charge in [-0.25, -0.2) is 0 Å². The van der Waals surface area contributed by atoms with Gasteiger partial charge in [0.15, 0.2) is 0 Å². The molecule has 1 aromatic carbocycles. The molecule has 17 heavy (non-hydrogen) atoms. The van der Waals surface area contributed by atoms with Gasteiger partial charge in [0.25, 0.3) is 0 Å². The van der Waals surface area contributed by atoms with E-state index in [0.717, 1.165) is 6.54 Å². The van der Waals surface area contributed by atoms with Crippen molar-refractivity contribution in [2.45, 2.75) is 52.2 Å². The van der Waals surface area contributed by atoms with Crippen LogP contribution in [-0.4, -0.2) is 23.5 Å². The van der Waals surface area contributed by atoms with E-state index in [9.17, 15) is 0 Å². The van der Waals surface area contributed by atoms with Crippen molar-refractivity contribution in [1.29, 1.82) is 0 Å². The van der Waals surface area contributed by atoms with Crippen molar-refractivity contribution in [2.75, 3.05) is 6.54 Å². The van der Waals surface area contributed by atoms with E-state index in [4.69, 9.17) is 5.73 Å². The van der Waals surface area contributed by atoms with Crippen LogP contribution in [0.3, 0.4) is 0 Å². The highest BCUT2D eigenvalue weighted by Gasteiger charge is 2.22. The quantitative estimate of drug-likeness (QED) is 0.819. The van der Waals surface area contributed by atoms with Gasteiger partial charge in [0.05, 0.1) is 0 Å². The van der Waals surface area contributed by atoms with E-state index in [1.165, 1.54) is 12.0 Å². The van der Waals surface area contributed by atoms with Crippen LogP contribution in [0.5, 0.6) is 0 Å². The Morgan fingerprint density at radius 2 is 1.71 bits per heavy atom. The number of benzene rings is 1. The number of nitrogens with zero attached hydrogens (tertiary/aromatic N) is 1. The molecule has 1 aromatic rings. The Labute approximate surface area is 106 Å². The molecule has 0 amide bonds. The summed E-state index contributed by atoms with van der Waals surface area (Å²) in [7, 11) is 0. The van der Waals surface area contributed by atoms with E-state index in [2.05, 4.69) is 56.9 Å². The maximum absolute atomic E-state index is 6.37. The van der Waals surface area contributed by atoms with Gasteiger partial charge in [-0.05, 0) is 39.3 Å². The molecule has 0 spiro atoms. The summed E-state index contributed by atoms with van der Waals surface area (Å²) in [5.74, 6) is 0. The Kier molecular flexibility index (Phi) is 5.66. The third-order valence-electron chi connectivity index (χ3n) is 3.37. The van der Waals surface area contributed by atoms with Crippen LogP contribution < -0.4 is 5.73 Å². The first-order valence-electron chi connectivity index (χ1n) is 6.64. The molecule has 0 saturated heterocycles. The van der Waals surface area contributed by atoms with E-state index < -0.39 is 0 Å². The largest absolute Gasteiger partial charge is 0.323 e. The minimum atomic E-state index is 0.0881. The molecule has 2 nitrogen and oxygen atoms in total. The zero-order valence-corrected chi connectivity index (χ0v) is 11.6. The SMILES string of the molecule is CCCN(C(C)C)C(C)C(N)c1ccccc1. The maximum atomic E-state index is 6.37. The second-order valence-corrected chi connectivity index (χ2v) is 5.01. The Bertz CT molecular complexity index is 308. The molecule has 2 unspecified atom stereocenters. The molecule has 1 rings (SSSR count). The predicted molar refractivity (Wildman–Crippen MR) is 75.0 cm³/mol. The van der Waals surface area contributed by atoms with Crippen molar-refractivity contribution in [3.8, 4) is 0 Å². The standard InChI is InChI=1S/C15H26N2/c1-5-11-17(12(2)3)13(4)15(16)14-9-7-6-8-10-14/h6-10,12-13,15H,5,11,16H2,1-4H3. The van der Waals surface area contributed by atoms with E-state index in [0.29, 0.717) is 12.1 Å². The summed E-state index contributed by atoms with van der Waals surface area (Å²) in [6.07, 6.45) is 1.17. The number of rotatable bonds is 6. The van der Waals surface area contributed by atoms with E-state index >= 15 is 0 Å². The summed E-state index contributed by atoms with van der Waals surface area (Å²) in [5.41, 5.74) is 7.59. The van der Waals surface area contributed by atoms with E-state index in [-0.39, 0.29) is 6.04 Å². The average molecular weight is 234 g/mol. The van der Waals surface area contributed by atoms with Crippen molar-refractivity contribution < 1.29 is 0 Å². The maximum Gasteiger partial charge on any atom is 0.0450 e. The highest BCUT2D eigenvalue weighted by molar-refractivity contribution is 5.19. The molecule has 2 atom stereocenters. The summed E-state index contributed by atoms with van der Waals surface area (Å²) in [6.45, 7) is 10.0. The first-order valence-corrected chi connectivity index (χ1v) is 6.64. The summed E-state index contributed by atoms with van der Waals surface area (Å²) in [5, 5.41) is 0.